The van der Waals surface area contributed by atoms with E-state index < -0.39 is 27.5 Å². The average Bonchev–Trinajstić information content (AvgIpc) is 3.30. The van der Waals surface area contributed by atoms with Crippen LogP contribution >= 0.6 is 0 Å². The molecule has 2 aliphatic rings. The van der Waals surface area contributed by atoms with Crippen LogP contribution in [0.15, 0.2) is 18.6 Å². The van der Waals surface area contributed by atoms with Crippen molar-refractivity contribution in [3.8, 4) is 17.3 Å². The molecule has 2 aromatic heterocycles. The highest BCUT2D eigenvalue weighted by Gasteiger charge is 2.36. The maximum atomic E-state index is 13.7. The van der Waals surface area contributed by atoms with E-state index in [2.05, 4.69) is 20.4 Å². The number of ether oxygens (including phenoxy) is 1. The van der Waals surface area contributed by atoms with Gasteiger partial charge in [-0.3, -0.25) is 4.68 Å². The van der Waals surface area contributed by atoms with Crippen LogP contribution < -0.4 is 5.32 Å². The minimum Gasteiger partial charge on any atom is -0.381 e. The highest BCUT2D eigenvalue weighted by atomic mass is 32.2. The van der Waals surface area contributed by atoms with Crippen LogP contribution in [-0.4, -0.2) is 70.6 Å². The lowest BCUT2D eigenvalue weighted by atomic mass is 10.1. The molecule has 0 aromatic carbocycles. The van der Waals surface area contributed by atoms with E-state index in [1.807, 2.05) is 0 Å². The topological polar surface area (TPSA) is 126 Å². The van der Waals surface area contributed by atoms with Crippen molar-refractivity contribution < 1.29 is 26.3 Å². The third-order valence-electron chi connectivity index (χ3n) is 5.96. The largest absolute Gasteiger partial charge is 0.419 e. The molecule has 0 aliphatic carbocycles. The van der Waals surface area contributed by atoms with Crippen molar-refractivity contribution in [1.29, 1.82) is 5.26 Å². The molecule has 2 fully saturated rings. The van der Waals surface area contributed by atoms with E-state index in [-0.39, 0.29) is 42.4 Å². The molecule has 34 heavy (non-hydrogen) atoms. The number of aromatic nitrogens is 4. The molecule has 0 amide bonds. The van der Waals surface area contributed by atoms with Crippen molar-refractivity contribution in [2.45, 2.75) is 43.9 Å². The third-order valence-corrected chi connectivity index (χ3v) is 7.61. The molecule has 0 unspecified atom stereocenters. The quantitative estimate of drug-likeness (QED) is 0.642. The normalized spacial score (nSPS) is 19.1. The number of nitrogens with zero attached hydrogens (tertiary/aromatic N) is 6. The van der Waals surface area contributed by atoms with Gasteiger partial charge in [-0.05, 0) is 25.7 Å². The summed E-state index contributed by atoms with van der Waals surface area (Å²) in [6.07, 6.45) is 1.32. The molecule has 0 radical (unpaired) electrons. The highest BCUT2D eigenvalue weighted by molar-refractivity contribution is 7.89. The average molecular weight is 500 g/mol. The Morgan fingerprint density at radius 3 is 2.53 bits per heavy atom. The first-order chi connectivity index (χ1) is 16.2. The van der Waals surface area contributed by atoms with Gasteiger partial charge in [-0.2, -0.15) is 23.5 Å². The number of nitriles is 1. The van der Waals surface area contributed by atoms with E-state index in [9.17, 15) is 21.6 Å². The Balaban J connectivity index is 1.52. The Morgan fingerprint density at radius 2 is 1.88 bits per heavy atom. The van der Waals surface area contributed by atoms with E-state index in [1.54, 1.807) is 16.9 Å². The first-order valence-corrected chi connectivity index (χ1v) is 12.5. The summed E-state index contributed by atoms with van der Waals surface area (Å²) in [7, 11) is -3.63. The van der Waals surface area contributed by atoms with Crippen LogP contribution in [0.5, 0.6) is 0 Å². The molecule has 2 saturated heterocycles. The summed E-state index contributed by atoms with van der Waals surface area (Å²) in [6, 6.07) is 1.48. The van der Waals surface area contributed by atoms with Crippen LogP contribution in [0.2, 0.25) is 0 Å². The fourth-order valence-corrected chi connectivity index (χ4v) is 5.24. The number of rotatable bonds is 6. The van der Waals surface area contributed by atoms with Crippen LogP contribution in [0.25, 0.3) is 11.3 Å². The Labute approximate surface area is 194 Å². The minimum absolute atomic E-state index is 0.0279. The van der Waals surface area contributed by atoms with E-state index in [1.165, 1.54) is 10.5 Å². The molecule has 184 valence electrons. The lowest BCUT2D eigenvalue weighted by Crippen LogP contribution is -2.43. The van der Waals surface area contributed by atoms with E-state index in [0.29, 0.717) is 26.1 Å². The van der Waals surface area contributed by atoms with Gasteiger partial charge in [0.1, 0.15) is 5.56 Å². The predicted octanol–water partition coefficient (Wildman–Crippen LogP) is 2.44. The summed E-state index contributed by atoms with van der Waals surface area (Å²) in [6.45, 7) is 1.55. The van der Waals surface area contributed by atoms with Crippen molar-refractivity contribution in [1.82, 2.24) is 24.1 Å². The molecule has 14 heteroatoms. The van der Waals surface area contributed by atoms with Gasteiger partial charge in [0.25, 0.3) is 0 Å². The number of nitrogens with one attached hydrogen (secondary N) is 1. The molecule has 4 heterocycles. The smallest absolute Gasteiger partial charge is 0.381 e. The SMILES string of the molecule is N#CCS(=O)(=O)N1CCC(Nc2ncc(C(F)(F)F)c(-c3cnn(C4CCOCC4)c3)n2)CC1. The molecule has 0 saturated carbocycles. The molecule has 2 aromatic rings. The molecule has 10 nitrogen and oxygen atoms in total. The van der Waals surface area contributed by atoms with Gasteiger partial charge in [-0.1, -0.05) is 0 Å². The Morgan fingerprint density at radius 1 is 1.18 bits per heavy atom. The van der Waals surface area contributed by atoms with Crippen molar-refractivity contribution in [2.24, 2.45) is 0 Å². The molecular weight excluding hydrogens is 475 g/mol. The zero-order chi connectivity index (χ0) is 24.3. The molecule has 0 atom stereocenters. The minimum atomic E-state index is -4.64. The lowest BCUT2D eigenvalue weighted by Gasteiger charge is -2.31. The summed E-state index contributed by atoms with van der Waals surface area (Å²) in [5.41, 5.74) is -0.985. The van der Waals surface area contributed by atoms with Gasteiger partial charge in [0, 0.05) is 50.3 Å². The first-order valence-electron chi connectivity index (χ1n) is 10.8. The Hall–Kier alpha value is -2.76. The second kappa shape index (κ2) is 9.85. The summed E-state index contributed by atoms with van der Waals surface area (Å²) in [5, 5.41) is 16.0. The zero-order valence-electron chi connectivity index (χ0n) is 18.2. The van der Waals surface area contributed by atoms with Crippen LogP contribution in [0.1, 0.15) is 37.3 Å². The Kier molecular flexibility index (Phi) is 7.06. The summed E-state index contributed by atoms with van der Waals surface area (Å²) in [5.74, 6) is -0.557. The van der Waals surface area contributed by atoms with Crippen LogP contribution in [-0.2, 0) is 20.9 Å². The fourth-order valence-electron chi connectivity index (χ4n) is 4.12. The van der Waals surface area contributed by atoms with Gasteiger partial charge >= 0.3 is 6.18 Å². The predicted molar refractivity (Wildman–Crippen MR) is 115 cm³/mol. The van der Waals surface area contributed by atoms with Crippen LogP contribution in [0.4, 0.5) is 19.1 Å². The first kappa shape index (κ1) is 24.4. The van der Waals surface area contributed by atoms with Gasteiger partial charge in [0.05, 0.1) is 24.0 Å². The molecule has 2 aliphatic heterocycles. The Bertz CT molecular complexity index is 1150. The van der Waals surface area contributed by atoms with Crippen molar-refractivity contribution >= 4 is 16.0 Å². The number of anilines is 1. The number of alkyl halides is 3. The van der Waals surface area contributed by atoms with E-state index in [4.69, 9.17) is 10.00 Å². The van der Waals surface area contributed by atoms with Crippen molar-refractivity contribution in [2.75, 3.05) is 37.4 Å². The second-order valence-electron chi connectivity index (χ2n) is 8.24. The highest BCUT2D eigenvalue weighted by Crippen LogP contribution is 2.36. The van der Waals surface area contributed by atoms with Gasteiger partial charge in [-0.25, -0.2) is 22.7 Å². The van der Waals surface area contributed by atoms with Crippen molar-refractivity contribution in [3.05, 3.63) is 24.2 Å². The molecule has 4 rings (SSSR count). The van der Waals surface area contributed by atoms with Gasteiger partial charge in [-0.15, -0.1) is 0 Å². The third kappa shape index (κ3) is 5.48. The summed E-state index contributed by atoms with van der Waals surface area (Å²) in [4.78, 5) is 8.02. The molecular formula is C20H24F3N7O3S. The number of piperidine rings is 1. The summed E-state index contributed by atoms with van der Waals surface area (Å²) < 4.78 is 73.3. The summed E-state index contributed by atoms with van der Waals surface area (Å²) >= 11 is 0. The number of hydrogen-bond acceptors (Lipinski definition) is 8. The number of halogens is 3. The fraction of sp³-hybridized carbons (Fsp3) is 0.600. The van der Waals surface area contributed by atoms with Crippen LogP contribution in [0, 0.1) is 11.3 Å². The van der Waals surface area contributed by atoms with E-state index >= 15 is 0 Å². The lowest BCUT2D eigenvalue weighted by molar-refractivity contribution is -0.137. The number of sulfonamides is 1. The van der Waals surface area contributed by atoms with Gasteiger partial charge in [0.15, 0.2) is 5.75 Å². The maximum absolute atomic E-state index is 13.7. The number of hydrogen-bond donors (Lipinski definition) is 1. The molecule has 0 spiro atoms. The zero-order valence-corrected chi connectivity index (χ0v) is 19.0. The molecule has 0 bridgehead atoms. The maximum Gasteiger partial charge on any atom is 0.419 e. The second-order valence-corrected chi connectivity index (χ2v) is 10.2. The monoisotopic (exact) mass is 499 g/mol. The van der Waals surface area contributed by atoms with E-state index in [0.717, 1.165) is 19.0 Å². The molecule has 1 N–H and O–H groups in total. The van der Waals surface area contributed by atoms with Crippen LogP contribution in [0.3, 0.4) is 0 Å². The standard InChI is InChI=1S/C20H24F3N7O3S/c21-20(22,23)17-12-25-19(27-15-1-6-29(7-2-15)34(31,32)10-5-24)28-18(17)14-11-26-30(13-14)16-3-8-33-9-4-16/h11-13,15-16H,1-4,6-10H2,(H,25,27,28). The van der Waals surface area contributed by atoms with Gasteiger partial charge < -0.3 is 10.1 Å². The van der Waals surface area contributed by atoms with Crippen molar-refractivity contribution in [3.63, 3.8) is 0 Å². The van der Waals surface area contributed by atoms with Gasteiger partial charge in [0.2, 0.25) is 16.0 Å².